The van der Waals surface area contributed by atoms with E-state index in [-0.39, 0.29) is 39.7 Å². The van der Waals surface area contributed by atoms with Crippen molar-refractivity contribution in [1.82, 2.24) is 0 Å². The summed E-state index contributed by atoms with van der Waals surface area (Å²) in [5, 5.41) is 0. The van der Waals surface area contributed by atoms with Crippen molar-refractivity contribution >= 4 is 31.7 Å². The Hall–Kier alpha value is 0.640. The number of hydrogen-bond acceptors (Lipinski definition) is 0. The van der Waals surface area contributed by atoms with Crippen molar-refractivity contribution in [3.05, 3.63) is 62.5 Å². The first kappa shape index (κ1) is 34.1. The topological polar surface area (TPSA) is 0 Å². The second-order valence-electron chi connectivity index (χ2n) is 4.40. The molecular weight excluding hydrogens is 406 g/mol. The zero-order valence-corrected chi connectivity index (χ0v) is 20.4. The van der Waals surface area contributed by atoms with Crippen molar-refractivity contribution < 1.29 is 23.3 Å². The van der Waals surface area contributed by atoms with Gasteiger partial charge in [-0.2, -0.15) is 12.2 Å². The minimum absolute atomic E-state index is 0. The Balaban J connectivity index is -0.0000000676. The van der Waals surface area contributed by atoms with Gasteiger partial charge < -0.3 is 14.9 Å². The van der Waals surface area contributed by atoms with E-state index in [1.807, 2.05) is 6.88 Å². The Bertz CT molecular complexity index is 326. The molecule has 0 bridgehead atoms. The molecule has 0 nitrogen and oxygen atoms in total. The first-order chi connectivity index (χ1) is 8.65. The van der Waals surface area contributed by atoms with Crippen LogP contribution in [0.5, 0.6) is 0 Å². The summed E-state index contributed by atoms with van der Waals surface area (Å²) in [6.45, 7) is 10.5. The molecular formula is C18H32Cl2SiZr-4. The molecule has 2 atom stereocenters. The van der Waals surface area contributed by atoms with E-state index in [0.29, 0.717) is 11.8 Å². The number of rotatable bonds is 2. The van der Waals surface area contributed by atoms with Crippen LogP contribution in [0.2, 0.25) is 0 Å². The monoisotopic (exact) mass is 436 g/mol. The van der Waals surface area contributed by atoms with Crippen molar-refractivity contribution in [3.8, 4) is 0 Å². The molecule has 2 aliphatic carbocycles. The Morgan fingerprint density at radius 3 is 1.23 bits per heavy atom. The van der Waals surface area contributed by atoms with E-state index in [2.05, 4.69) is 64.2 Å². The summed E-state index contributed by atoms with van der Waals surface area (Å²) in [7, 11) is 0. The molecule has 0 N–H and O–H groups in total. The van der Waals surface area contributed by atoms with Gasteiger partial charge in [-0.25, -0.2) is 23.3 Å². The quantitative estimate of drug-likeness (QED) is 0.395. The van der Waals surface area contributed by atoms with Crippen LogP contribution in [-0.4, -0.2) is 6.88 Å². The van der Waals surface area contributed by atoms with E-state index in [9.17, 15) is 0 Å². The first-order valence-electron chi connectivity index (χ1n) is 6.57. The maximum atomic E-state index is 3.31. The fraction of sp³-hybridized carbons (Fsp3) is 0.444. The van der Waals surface area contributed by atoms with Gasteiger partial charge in [0.15, 0.2) is 0 Å². The number of hydrogen-bond donors (Lipinski definition) is 0. The zero-order chi connectivity index (χ0) is 14.0. The molecule has 2 rings (SSSR count). The standard InChI is InChI=1S/2C8H11.2CH3.2ClH.H2Si.Zr/c2*1-3-8-5-4-7(2)6-8;;;;;;/h2*4-5,8H,3H2,1-2H3;2*1H3;2*1H;1H2;/q4*-1;;;;. The molecule has 22 heavy (non-hydrogen) atoms. The summed E-state index contributed by atoms with van der Waals surface area (Å²) in [5.74, 6) is 1.21. The normalized spacial score (nSPS) is 19.2. The van der Waals surface area contributed by atoms with Crippen molar-refractivity contribution in [2.75, 3.05) is 0 Å². The van der Waals surface area contributed by atoms with E-state index in [4.69, 9.17) is 0 Å². The van der Waals surface area contributed by atoms with Gasteiger partial charge in [-0.3, -0.25) is 12.2 Å². The summed E-state index contributed by atoms with van der Waals surface area (Å²) in [4.78, 5) is 0. The van der Waals surface area contributed by atoms with Gasteiger partial charge in [0.2, 0.25) is 0 Å². The van der Waals surface area contributed by atoms with Gasteiger partial charge in [0.25, 0.3) is 0 Å². The van der Waals surface area contributed by atoms with E-state index < -0.39 is 0 Å². The molecule has 0 aromatic rings. The Kier molecular flexibility index (Phi) is 33.5. The molecule has 0 amide bonds. The van der Waals surface area contributed by atoms with Gasteiger partial charge in [-0.05, 0) is 0 Å². The molecule has 0 aromatic carbocycles. The summed E-state index contributed by atoms with van der Waals surface area (Å²) >= 11 is 1.58. The first-order valence-corrected chi connectivity index (χ1v) is 12.5. The van der Waals surface area contributed by atoms with Gasteiger partial charge in [0.05, 0.1) is 0 Å². The van der Waals surface area contributed by atoms with Crippen molar-refractivity contribution in [2.45, 2.75) is 40.5 Å². The predicted octanol–water partition coefficient (Wildman–Crippen LogP) is 5.49. The molecule has 2 aliphatic rings. The van der Waals surface area contributed by atoms with Gasteiger partial charge in [0.1, 0.15) is 0 Å². The Morgan fingerprint density at radius 2 is 1.14 bits per heavy atom. The van der Waals surface area contributed by atoms with Crippen molar-refractivity contribution in [3.63, 3.8) is 0 Å². The van der Waals surface area contributed by atoms with E-state index in [0.717, 1.165) is 0 Å². The average Bonchev–Trinajstić information content (AvgIpc) is 3.01. The van der Waals surface area contributed by atoms with E-state index in [1.165, 1.54) is 24.0 Å². The third-order valence-corrected chi connectivity index (χ3v) is 2.86. The molecule has 0 saturated heterocycles. The van der Waals surface area contributed by atoms with Crippen LogP contribution in [0.1, 0.15) is 40.5 Å². The van der Waals surface area contributed by atoms with Gasteiger partial charge >= 0.3 is 30.2 Å². The molecule has 130 valence electrons. The number of allylic oxidation sites excluding steroid dienone is 8. The number of halogens is 2. The second kappa shape index (κ2) is 21.6. The maximum absolute atomic E-state index is 3.31. The van der Waals surface area contributed by atoms with Crippen molar-refractivity contribution in [2.24, 2.45) is 11.8 Å². The van der Waals surface area contributed by atoms with Crippen LogP contribution >= 0.6 is 24.8 Å². The molecule has 0 aromatic heterocycles. The van der Waals surface area contributed by atoms with Crippen LogP contribution in [0.4, 0.5) is 0 Å². The zero-order valence-electron chi connectivity index (χ0n) is 14.9. The molecule has 0 heterocycles. The van der Waals surface area contributed by atoms with Crippen LogP contribution in [0.25, 0.3) is 0 Å². The van der Waals surface area contributed by atoms with E-state index >= 15 is 0 Å². The molecule has 0 aliphatic heterocycles. The predicted molar refractivity (Wildman–Crippen MR) is 107 cm³/mol. The van der Waals surface area contributed by atoms with Crippen molar-refractivity contribution in [1.29, 1.82) is 0 Å². The van der Waals surface area contributed by atoms with Crippen LogP contribution in [0, 0.1) is 38.8 Å². The van der Waals surface area contributed by atoms with Crippen LogP contribution in [0.3, 0.4) is 0 Å². The minimum atomic E-state index is 0. The molecule has 0 saturated carbocycles. The van der Waals surface area contributed by atoms with Gasteiger partial charge in [0, 0.05) is 0 Å². The third-order valence-electron chi connectivity index (χ3n) is 2.86. The fourth-order valence-corrected chi connectivity index (χ4v) is 1.77. The summed E-state index contributed by atoms with van der Waals surface area (Å²) in [6, 6.07) is 0. The molecule has 0 spiro atoms. The van der Waals surface area contributed by atoms with Gasteiger partial charge in [-0.15, -0.1) is 24.8 Å². The van der Waals surface area contributed by atoms with E-state index in [1.54, 1.807) is 23.3 Å². The van der Waals surface area contributed by atoms with Crippen LogP contribution in [-0.2, 0) is 23.3 Å². The molecule has 2 unspecified atom stereocenters. The fourth-order valence-electron chi connectivity index (χ4n) is 1.77. The second-order valence-corrected chi connectivity index (χ2v) is 4.40. The van der Waals surface area contributed by atoms with Gasteiger partial charge in [-0.1, -0.05) is 52.4 Å². The molecule has 0 fully saturated rings. The SMILES string of the molecule is CCC1[C-]=C(C)C=C1.CCC1[C-]=C(C)C=C1.Cl.Cl.[CH3-].[CH3-].[SiH2]=[Zr]. The summed E-state index contributed by atoms with van der Waals surface area (Å²) in [6.07, 6.45) is 17.7. The Morgan fingerprint density at radius 1 is 0.864 bits per heavy atom. The molecule has 4 heteroatoms. The average molecular weight is 439 g/mol. The third kappa shape index (κ3) is 15.5. The summed E-state index contributed by atoms with van der Waals surface area (Å²) < 4.78 is 0. The summed E-state index contributed by atoms with van der Waals surface area (Å²) in [5.41, 5.74) is 2.58. The molecule has 0 radical (unpaired) electrons. The van der Waals surface area contributed by atoms with Crippen LogP contribution < -0.4 is 0 Å². The van der Waals surface area contributed by atoms with Crippen LogP contribution in [0.15, 0.2) is 35.5 Å². The Labute approximate surface area is 169 Å².